The highest BCUT2D eigenvalue weighted by atomic mass is 32.2. The first kappa shape index (κ1) is 17.6. The van der Waals surface area contributed by atoms with Crippen molar-refractivity contribution in [3.05, 3.63) is 64.7 Å². The van der Waals surface area contributed by atoms with Gasteiger partial charge in [0.15, 0.2) is 0 Å². The van der Waals surface area contributed by atoms with Gasteiger partial charge in [-0.2, -0.15) is 0 Å². The van der Waals surface area contributed by atoms with Crippen LogP contribution in [0.15, 0.2) is 47.4 Å². The van der Waals surface area contributed by atoms with Crippen molar-refractivity contribution in [1.82, 2.24) is 9.62 Å². The third-order valence-electron chi connectivity index (χ3n) is 4.44. The van der Waals surface area contributed by atoms with Crippen LogP contribution in [0, 0.1) is 0 Å². The highest BCUT2D eigenvalue weighted by Gasteiger charge is 2.24. The van der Waals surface area contributed by atoms with Crippen LogP contribution in [0.3, 0.4) is 0 Å². The maximum atomic E-state index is 12.2. The lowest BCUT2D eigenvalue weighted by atomic mass is 9.99. The molecule has 0 aliphatic carbocycles. The normalized spacial score (nSPS) is 14.9. The van der Waals surface area contributed by atoms with Crippen LogP contribution in [0.2, 0.25) is 0 Å². The maximum Gasteiger partial charge on any atom is 0.335 e. The Morgan fingerprint density at radius 1 is 1.24 bits per heavy atom. The summed E-state index contributed by atoms with van der Waals surface area (Å²) in [7, 11) is -2.05. The van der Waals surface area contributed by atoms with E-state index in [0.29, 0.717) is 24.4 Å². The smallest absolute Gasteiger partial charge is 0.335 e. The van der Waals surface area contributed by atoms with E-state index in [4.69, 9.17) is 5.11 Å². The van der Waals surface area contributed by atoms with Crippen LogP contribution in [-0.4, -0.2) is 38.0 Å². The Morgan fingerprint density at radius 3 is 2.72 bits per heavy atom. The summed E-state index contributed by atoms with van der Waals surface area (Å²) >= 11 is 0. The molecule has 3 rings (SSSR count). The van der Waals surface area contributed by atoms with Crippen LogP contribution in [0.25, 0.3) is 0 Å². The Balaban J connectivity index is 1.82. The van der Waals surface area contributed by atoms with Gasteiger partial charge in [0, 0.05) is 19.6 Å². The molecule has 2 aromatic carbocycles. The predicted octanol–water partition coefficient (Wildman–Crippen LogP) is 1.85. The monoisotopic (exact) mass is 360 g/mol. The van der Waals surface area contributed by atoms with E-state index in [0.717, 1.165) is 23.2 Å². The molecular formula is C18H20N2O4S. The van der Waals surface area contributed by atoms with E-state index in [1.165, 1.54) is 7.05 Å². The van der Waals surface area contributed by atoms with Gasteiger partial charge < -0.3 is 5.11 Å². The van der Waals surface area contributed by atoms with E-state index in [1.54, 1.807) is 30.3 Å². The SMILES string of the molecule is CNS(=O)(=O)c1cccc2c1CCN(Cc1cccc(C(=O)O)c1)C2. The number of hydrogen-bond acceptors (Lipinski definition) is 4. The predicted molar refractivity (Wildman–Crippen MR) is 93.9 cm³/mol. The number of benzene rings is 2. The van der Waals surface area contributed by atoms with Gasteiger partial charge in [-0.05, 0) is 48.4 Å². The molecule has 0 saturated heterocycles. The molecule has 0 fully saturated rings. The van der Waals surface area contributed by atoms with Gasteiger partial charge in [-0.1, -0.05) is 24.3 Å². The first-order valence-corrected chi connectivity index (χ1v) is 9.48. The first-order valence-electron chi connectivity index (χ1n) is 7.99. The van der Waals surface area contributed by atoms with Gasteiger partial charge in [-0.15, -0.1) is 0 Å². The molecule has 1 aliphatic rings. The number of fused-ring (bicyclic) bond motifs is 1. The minimum atomic E-state index is -3.46. The number of nitrogens with zero attached hydrogens (tertiary/aromatic N) is 1. The molecule has 1 heterocycles. The fourth-order valence-corrected chi connectivity index (χ4v) is 4.23. The zero-order chi connectivity index (χ0) is 18.0. The standard InChI is InChI=1S/C18H20N2O4S/c1-19-25(23,24)17-7-3-6-15-12-20(9-8-16(15)17)11-13-4-2-5-14(10-13)18(21)22/h2-7,10,19H,8-9,11-12H2,1H3,(H,21,22). The summed E-state index contributed by atoms with van der Waals surface area (Å²) in [4.78, 5) is 13.6. The average Bonchev–Trinajstić information content (AvgIpc) is 2.61. The molecule has 0 bridgehead atoms. The maximum absolute atomic E-state index is 12.2. The zero-order valence-corrected chi connectivity index (χ0v) is 14.7. The quantitative estimate of drug-likeness (QED) is 0.850. The number of carboxylic acid groups (broad SMARTS) is 1. The van der Waals surface area contributed by atoms with E-state index in [1.807, 2.05) is 12.1 Å². The highest BCUT2D eigenvalue weighted by Crippen LogP contribution is 2.26. The zero-order valence-electron chi connectivity index (χ0n) is 13.9. The topological polar surface area (TPSA) is 86.7 Å². The van der Waals surface area contributed by atoms with Gasteiger partial charge in [0.25, 0.3) is 0 Å². The Hall–Kier alpha value is -2.22. The van der Waals surface area contributed by atoms with Crippen molar-refractivity contribution in [2.75, 3.05) is 13.6 Å². The Labute approximate surface area is 147 Å². The third kappa shape index (κ3) is 3.73. The van der Waals surface area contributed by atoms with E-state index < -0.39 is 16.0 Å². The fourth-order valence-electron chi connectivity index (χ4n) is 3.19. The summed E-state index contributed by atoms with van der Waals surface area (Å²) in [5.74, 6) is -0.937. The number of nitrogens with one attached hydrogen (secondary N) is 1. The highest BCUT2D eigenvalue weighted by molar-refractivity contribution is 7.89. The molecule has 0 radical (unpaired) electrons. The molecule has 25 heavy (non-hydrogen) atoms. The Bertz CT molecular complexity index is 909. The molecule has 1 aliphatic heterocycles. The van der Waals surface area contributed by atoms with E-state index in [2.05, 4.69) is 9.62 Å². The number of rotatable bonds is 5. The summed E-state index contributed by atoms with van der Waals surface area (Å²) in [5.41, 5.74) is 3.07. The van der Waals surface area contributed by atoms with E-state index >= 15 is 0 Å². The minimum Gasteiger partial charge on any atom is -0.478 e. The van der Waals surface area contributed by atoms with Crippen LogP contribution in [0.5, 0.6) is 0 Å². The van der Waals surface area contributed by atoms with Crippen molar-refractivity contribution in [2.24, 2.45) is 0 Å². The van der Waals surface area contributed by atoms with Crippen LogP contribution < -0.4 is 4.72 Å². The summed E-state index contributed by atoms with van der Waals surface area (Å²) in [5, 5.41) is 9.10. The Morgan fingerprint density at radius 2 is 2.00 bits per heavy atom. The molecule has 0 spiro atoms. The number of hydrogen-bond donors (Lipinski definition) is 2. The number of carboxylic acids is 1. The lowest BCUT2D eigenvalue weighted by molar-refractivity contribution is 0.0696. The average molecular weight is 360 g/mol. The second-order valence-electron chi connectivity index (χ2n) is 6.07. The lowest BCUT2D eigenvalue weighted by Crippen LogP contribution is -2.32. The van der Waals surface area contributed by atoms with Crippen molar-refractivity contribution in [3.8, 4) is 0 Å². The fraction of sp³-hybridized carbons (Fsp3) is 0.278. The summed E-state index contributed by atoms with van der Waals surface area (Å²) < 4.78 is 26.7. The molecule has 0 aromatic heterocycles. The molecule has 0 amide bonds. The molecule has 6 nitrogen and oxygen atoms in total. The van der Waals surface area contributed by atoms with Crippen LogP contribution in [-0.2, 0) is 29.5 Å². The summed E-state index contributed by atoms with van der Waals surface area (Å²) in [6, 6.07) is 12.3. The van der Waals surface area contributed by atoms with Crippen molar-refractivity contribution in [2.45, 2.75) is 24.4 Å². The molecule has 2 aromatic rings. The third-order valence-corrected chi connectivity index (χ3v) is 5.94. The van der Waals surface area contributed by atoms with E-state index in [9.17, 15) is 13.2 Å². The van der Waals surface area contributed by atoms with Crippen molar-refractivity contribution in [1.29, 1.82) is 0 Å². The van der Waals surface area contributed by atoms with Gasteiger partial charge >= 0.3 is 5.97 Å². The molecular weight excluding hydrogens is 340 g/mol. The largest absolute Gasteiger partial charge is 0.478 e. The van der Waals surface area contributed by atoms with Crippen molar-refractivity contribution < 1.29 is 18.3 Å². The van der Waals surface area contributed by atoms with Gasteiger partial charge in [0.2, 0.25) is 10.0 Å². The number of aromatic carboxylic acids is 1. The molecule has 0 unspecified atom stereocenters. The van der Waals surface area contributed by atoms with Gasteiger partial charge in [-0.25, -0.2) is 17.9 Å². The molecule has 132 valence electrons. The molecule has 0 atom stereocenters. The molecule has 2 N–H and O–H groups in total. The summed E-state index contributed by atoms with van der Waals surface area (Å²) in [6.45, 7) is 1.99. The lowest BCUT2D eigenvalue weighted by Gasteiger charge is -2.30. The van der Waals surface area contributed by atoms with Crippen LogP contribution in [0.1, 0.15) is 27.0 Å². The van der Waals surface area contributed by atoms with Gasteiger partial charge in [-0.3, -0.25) is 4.90 Å². The van der Waals surface area contributed by atoms with Crippen LogP contribution in [0.4, 0.5) is 0 Å². The second kappa shape index (κ2) is 6.95. The van der Waals surface area contributed by atoms with Crippen molar-refractivity contribution in [3.63, 3.8) is 0 Å². The molecule has 0 saturated carbocycles. The van der Waals surface area contributed by atoms with Crippen LogP contribution >= 0.6 is 0 Å². The number of sulfonamides is 1. The minimum absolute atomic E-state index is 0.275. The summed E-state index contributed by atoms with van der Waals surface area (Å²) in [6.07, 6.45) is 0.644. The van der Waals surface area contributed by atoms with E-state index in [-0.39, 0.29) is 5.56 Å². The first-order chi connectivity index (χ1) is 11.9. The number of carbonyl (C=O) groups is 1. The second-order valence-corrected chi connectivity index (χ2v) is 7.92. The van der Waals surface area contributed by atoms with Gasteiger partial charge in [0.05, 0.1) is 10.5 Å². The van der Waals surface area contributed by atoms with Gasteiger partial charge in [0.1, 0.15) is 0 Å². The Kier molecular flexibility index (Phi) is 4.89. The molecule has 7 heteroatoms. The van der Waals surface area contributed by atoms with Crippen molar-refractivity contribution >= 4 is 16.0 Å².